The van der Waals surface area contributed by atoms with E-state index in [1.54, 1.807) is 0 Å². The number of nitriles is 1. The summed E-state index contributed by atoms with van der Waals surface area (Å²) in [4.78, 5) is 3.24. The van der Waals surface area contributed by atoms with Gasteiger partial charge >= 0.3 is 0 Å². The van der Waals surface area contributed by atoms with E-state index in [-0.39, 0.29) is 5.92 Å². The quantitative estimate of drug-likeness (QED) is 0.819. The van der Waals surface area contributed by atoms with Crippen LogP contribution in [0.5, 0.6) is 0 Å². The van der Waals surface area contributed by atoms with Gasteiger partial charge < -0.3 is 10.3 Å². The molecule has 2 rings (SSSR count). The van der Waals surface area contributed by atoms with Crippen molar-refractivity contribution in [1.82, 2.24) is 10.3 Å². The Hall–Kier alpha value is -1.79. The van der Waals surface area contributed by atoms with E-state index in [4.69, 9.17) is 5.26 Å². The van der Waals surface area contributed by atoms with E-state index in [0.717, 1.165) is 18.6 Å². The second kappa shape index (κ2) is 4.82. The lowest BCUT2D eigenvalue weighted by atomic mass is 10.1. The van der Waals surface area contributed by atoms with Gasteiger partial charge in [-0.1, -0.05) is 18.2 Å². The molecule has 0 radical (unpaired) electrons. The van der Waals surface area contributed by atoms with Crippen molar-refractivity contribution in [2.75, 3.05) is 6.54 Å². The highest BCUT2D eigenvalue weighted by atomic mass is 14.9. The highest BCUT2D eigenvalue weighted by Gasteiger charge is 2.03. The molecule has 3 nitrogen and oxygen atoms in total. The van der Waals surface area contributed by atoms with Gasteiger partial charge in [0.2, 0.25) is 0 Å². The first kappa shape index (κ1) is 10.7. The molecule has 0 saturated carbocycles. The van der Waals surface area contributed by atoms with Gasteiger partial charge in [0.1, 0.15) is 0 Å². The molecule has 16 heavy (non-hydrogen) atoms. The summed E-state index contributed by atoms with van der Waals surface area (Å²) >= 11 is 0. The van der Waals surface area contributed by atoms with Gasteiger partial charge in [-0.3, -0.25) is 0 Å². The van der Waals surface area contributed by atoms with Gasteiger partial charge in [-0.25, -0.2) is 0 Å². The van der Waals surface area contributed by atoms with Crippen molar-refractivity contribution in [3.8, 4) is 6.07 Å². The maximum absolute atomic E-state index is 8.67. The SMILES string of the molecule is CC(C#N)CNCc1c[nH]c2ccccc12. The first-order valence-corrected chi connectivity index (χ1v) is 5.46. The number of hydrogen-bond donors (Lipinski definition) is 2. The van der Waals surface area contributed by atoms with Crippen molar-refractivity contribution < 1.29 is 0 Å². The number of rotatable bonds is 4. The zero-order valence-electron chi connectivity index (χ0n) is 9.33. The summed E-state index contributed by atoms with van der Waals surface area (Å²) in [5.41, 5.74) is 2.41. The molecule has 1 heterocycles. The Bertz CT molecular complexity index is 507. The summed E-state index contributed by atoms with van der Waals surface area (Å²) in [6.07, 6.45) is 2.02. The summed E-state index contributed by atoms with van der Waals surface area (Å²) < 4.78 is 0. The maximum Gasteiger partial charge on any atom is 0.0666 e. The number of nitrogens with zero attached hydrogens (tertiary/aromatic N) is 1. The topological polar surface area (TPSA) is 51.6 Å². The third-order valence-corrected chi connectivity index (χ3v) is 2.66. The minimum Gasteiger partial charge on any atom is -0.361 e. The molecule has 0 fully saturated rings. The molecule has 0 amide bonds. The van der Waals surface area contributed by atoms with Gasteiger partial charge in [0.05, 0.1) is 12.0 Å². The Kier molecular flexibility index (Phi) is 3.23. The maximum atomic E-state index is 8.67. The lowest BCUT2D eigenvalue weighted by molar-refractivity contribution is 0.603. The molecule has 2 aromatic rings. The van der Waals surface area contributed by atoms with E-state index >= 15 is 0 Å². The van der Waals surface area contributed by atoms with E-state index in [0.29, 0.717) is 0 Å². The van der Waals surface area contributed by atoms with E-state index < -0.39 is 0 Å². The van der Waals surface area contributed by atoms with Crippen LogP contribution in [-0.2, 0) is 6.54 Å². The molecule has 1 atom stereocenters. The standard InChI is InChI=1S/C13H15N3/c1-10(6-14)7-15-8-11-9-16-13-5-3-2-4-12(11)13/h2-5,9-10,15-16H,7-8H2,1H3. The van der Waals surface area contributed by atoms with Gasteiger partial charge in [0.15, 0.2) is 0 Å². The van der Waals surface area contributed by atoms with Crippen LogP contribution in [0.25, 0.3) is 10.9 Å². The second-order valence-corrected chi connectivity index (χ2v) is 4.02. The van der Waals surface area contributed by atoms with Crippen molar-refractivity contribution in [3.05, 3.63) is 36.0 Å². The van der Waals surface area contributed by atoms with E-state index in [9.17, 15) is 0 Å². The number of fused-ring (bicyclic) bond motifs is 1. The van der Waals surface area contributed by atoms with E-state index in [1.807, 2.05) is 25.3 Å². The Morgan fingerprint density at radius 3 is 3.06 bits per heavy atom. The zero-order valence-corrected chi connectivity index (χ0v) is 9.33. The summed E-state index contributed by atoms with van der Waals surface area (Å²) in [5, 5.41) is 13.2. The predicted molar refractivity (Wildman–Crippen MR) is 64.8 cm³/mol. The van der Waals surface area contributed by atoms with Crippen molar-refractivity contribution in [1.29, 1.82) is 5.26 Å². The molecule has 1 unspecified atom stereocenters. The van der Waals surface area contributed by atoms with Crippen molar-refractivity contribution in [2.24, 2.45) is 5.92 Å². The van der Waals surface area contributed by atoms with Gasteiger partial charge in [0, 0.05) is 30.2 Å². The molecular formula is C13H15N3. The lowest BCUT2D eigenvalue weighted by Gasteiger charge is -2.04. The Morgan fingerprint density at radius 2 is 2.25 bits per heavy atom. The van der Waals surface area contributed by atoms with Crippen molar-refractivity contribution >= 4 is 10.9 Å². The molecule has 0 aliphatic carbocycles. The van der Waals surface area contributed by atoms with Gasteiger partial charge in [-0.15, -0.1) is 0 Å². The second-order valence-electron chi connectivity index (χ2n) is 4.02. The molecule has 0 saturated heterocycles. The normalized spacial score (nSPS) is 12.5. The number of aromatic amines is 1. The van der Waals surface area contributed by atoms with Crippen LogP contribution in [0.2, 0.25) is 0 Å². The van der Waals surface area contributed by atoms with Crippen LogP contribution in [0.4, 0.5) is 0 Å². The molecule has 0 aliphatic rings. The first-order chi connectivity index (χ1) is 7.81. The number of aromatic nitrogens is 1. The Balaban J connectivity index is 2.02. The van der Waals surface area contributed by atoms with Crippen LogP contribution in [0.1, 0.15) is 12.5 Å². The summed E-state index contributed by atoms with van der Waals surface area (Å²) in [6, 6.07) is 10.4. The molecule has 82 valence electrons. The monoisotopic (exact) mass is 213 g/mol. The van der Waals surface area contributed by atoms with Crippen LogP contribution >= 0.6 is 0 Å². The van der Waals surface area contributed by atoms with Crippen molar-refractivity contribution in [2.45, 2.75) is 13.5 Å². The summed E-state index contributed by atoms with van der Waals surface area (Å²) in [7, 11) is 0. The minimum atomic E-state index is 0.0604. The molecular weight excluding hydrogens is 198 g/mol. The average molecular weight is 213 g/mol. The number of benzene rings is 1. The molecule has 0 aliphatic heterocycles. The van der Waals surface area contributed by atoms with Gasteiger partial charge in [0.25, 0.3) is 0 Å². The molecule has 2 N–H and O–H groups in total. The van der Waals surface area contributed by atoms with E-state index in [1.165, 1.54) is 10.9 Å². The smallest absolute Gasteiger partial charge is 0.0666 e. The highest BCUT2D eigenvalue weighted by molar-refractivity contribution is 5.82. The number of H-pyrrole nitrogens is 1. The molecule has 1 aromatic heterocycles. The third kappa shape index (κ3) is 2.23. The van der Waals surface area contributed by atoms with Gasteiger partial charge in [-0.2, -0.15) is 5.26 Å². The number of para-hydroxylation sites is 1. The lowest BCUT2D eigenvalue weighted by Crippen LogP contribution is -2.19. The molecule has 0 bridgehead atoms. The van der Waals surface area contributed by atoms with Gasteiger partial charge in [-0.05, 0) is 18.6 Å². The first-order valence-electron chi connectivity index (χ1n) is 5.46. The van der Waals surface area contributed by atoms with E-state index in [2.05, 4.69) is 28.5 Å². The molecule has 1 aromatic carbocycles. The fraction of sp³-hybridized carbons (Fsp3) is 0.308. The average Bonchev–Trinajstić information content (AvgIpc) is 2.73. The Morgan fingerprint density at radius 1 is 1.44 bits per heavy atom. The van der Waals surface area contributed by atoms with Crippen molar-refractivity contribution in [3.63, 3.8) is 0 Å². The fourth-order valence-corrected chi connectivity index (χ4v) is 1.75. The van der Waals surface area contributed by atoms with Crippen LogP contribution in [0, 0.1) is 17.2 Å². The molecule has 3 heteroatoms. The summed E-state index contributed by atoms with van der Waals surface area (Å²) in [6.45, 7) is 3.45. The Labute approximate surface area is 95.1 Å². The van der Waals surface area contributed by atoms with Crippen LogP contribution in [0.3, 0.4) is 0 Å². The largest absolute Gasteiger partial charge is 0.361 e. The van der Waals surface area contributed by atoms with Crippen LogP contribution in [-0.4, -0.2) is 11.5 Å². The number of hydrogen-bond acceptors (Lipinski definition) is 2. The predicted octanol–water partition coefficient (Wildman–Crippen LogP) is 2.42. The van der Waals surface area contributed by atoms with Crippen LogP contribution < -0.4 is 5.32 Å². The minimum absolute atomic E-state index is 0.0604. The number of nitrogens with one attached hydrogen (secondary N) is 2. The third-order valence-electron chi connectivity index (χ3n) is 2.66. The zero-order chi connectivity index (χ0) is 11.4. The fourth-order valence-electron chi connectivity index (χ4n) is 1.75. The van der Waals surface area contributed by atoms with Crippen LogP contribution in [0.15, 0.2) is 30.5 Å². The summed E-state index contributed by atoms with van der Waals surface area (Å²) in [5.74, 6) is 0.0604. The highest BCUT2D eigenvalue weighted by Crippen LogP contribution is 2.17. The molecule has 0 spiro atoms.